The summed E-state index contributed by atoms with van der Waals surface area (Å²) in [6, 6.07) is 10.2. The Morgan fingerprint density at radius 2 is 2.00 bits per heavy atom. The van der Waals surface area contributed by atoms with Crippen molar-refractivity contribution in [3.8, 4) is 0 Å². The third kappa shape index (κ3) is 5.16. The number of likely N-dealkylation sites (tertiary alicyclic amines) is 1. The van der Waals surface area contributed by atoms with Gasteiger partial charge < -0.3 is 14.2 Å². The summed E-state index contributed by atoms with van der Waals surface area (Å²) in [5.41, 5.74) is 1.20. The number of nitrogens with zero attached hydrogens (tertiary/aromatic N) is 3. The molecule has 2 heterocycles. The van der Waals surface area contributed by atoms with Gasteiger partial charge in [-0.1, -0.05) is 30.3 Å². The molecule has 0 radical (unpaired) electrons. The minimum Gasteiger partial charge on any atom is -0.373 e. The molecule has 0 atom stereocenters. The Balaban J connectivity index is 1.34. The molecular weight excluding hydrogens is 314 g/mol. The summed E-state index contributed by atoms with van der Waals surface area (Å²) in [7, 11) is 0. The van der Waals surface area contributed by atoms with E-state index in [1.165, 1.54) is 5.56 Å². The molecule has 1 aromatic heterocycles. The van der Waals surface area contributed by atoms with E-state index in [4.69, 9.17) is 4.74 Å². The number of rotatable bonds is 7. The van der Waals surface area contributed by atoms with E-state index in [2.05, 4.69) is 21.7 Å². The number of carbonyl (C=O) groups is 1. The molecule has 25 heavy (non-hydrogen) atoms. The van der Waals surface area contributed by atoms with Gasteiger partial charge in [-0.25, -0.2) is 4.98 Å². The molecular formula is C20H27N3O2. The van der Waals surface area contributed by atoms with E-state index >= 15 is 0 Å². The van der Waals surface area contributed by atoms with Crippen molar-refractivity contribution >= 4 is 5.91 Å². The zero-order chi connectivity index (χ0) is 17.5. The number of benzene rings is 1. The number of carbonyl (C=O) groups excluding carboxylic acids is 1. The van der Waals surface area contributed by atoms with Crippen molar-refractivity contribution in [3.63, 3.8) is 0 Å². The molecule has 1 aliphatic rings. The first-order valence-corrected chi connectivity index (χ1v) is 9.13. The third-order valence-corrected chi connectivity index (χ3v) is 4.84. The molecule has 1 saturated heterocycles. The third-order valence-electron chi connectivity index (χ3n) is 4.84. The van der Waals surface area contributed by atoms with Crippen LogP contribution in [0.15, 0.2) is 42.7 Å². The van der Waals surface area contributed by atoms with E-state index < -0.39 is 0 Å². The van der Waals surface area contributed by atoms with Gasteiger partial charge in [0.05, 0.1) is 12.7 Å². The van der Waals surface area contributed by atoms with E-state index in [9.17, 15) is 4.79 Å². The lowest BCUT2D eigenvalue weighted by Crippen LogP contribution is -2.40. The highest BCUT2D eigenvalue weighted by Gasteiger charge is 2.22. The average Bonchev–Trinajstić information content (AvgIpc) is 3.06. The van der Waals surface area contributed by atoms with Crippen LogP contribution in [0.1, 0.15) is 37.1 Å². The van der Waals surface area contributed by atoms with Gasteiger partial charge in [-0.3, -0.25) is 4.79 Å². The molecule has 3 rings (SSSR count). The molecule has 0 spiro atoms. The molecule has 1 fully saturated rings. The maximum Gasteiger partial charge on any atom is 0.222 e. The van der Waals surface area contributed by atoms with Crippen molar-refractivity contribution < 1.29 is 9.53 Å². The maximum absolute atomic E-state index is 12.4. The Kier molecular flexibility index (Phi) is 6.23. The number of hydrogen-bond donors (Lipinski definition) is 0. The molecule has 2 aromatic rings. The van der Waals surface area contributed by atoms with Gasteiger partial charge in [0.2, 0.25) is 5.91 Å². The predicted octanol–water partition coefficient (Wildman–Crippen LogP) is 3.18. The molecule has 0 unspecified atom stereocenters. The molecule has 134 valence electrons. The first-order chi connectivity index (χ1) is 12.2. The molecule has 0 saturated carbocycles. The van der Waals surface area contributed by atoms with Crippen LogP contribution in [0.25, 0.3) is 0 Å². The highest BCUT2D eigenvalue weighted by molar-refractivity contribution is 5.76. The van der Waals surface area contributed by atoms with Gasteiger partial charge in [-0.05, 0) is 31.7 Å². The lowest BCUT2D eigenvalue weighted by atomic mass is 10.1. The van der Waals surface area contributed by atoms with E-state index in [0.29, 0.717) is 13.0 Å². The van der Waals surface area contributed by atoms with Crippen molar-refractivity contribution in [3.05, 3.63) is 54.1 Å². The fourth-order valence-electron chi connectivity index (χ4n) is 3.26. The van der Waals surface area contributed by atoms with Crippen LogP contribution in [0.5, 0.6) is 0 Å². The molecule has 0 N–H and O–H groups in total. The van der Waals surface area contributed by atoms with Crippen LogP contribution in [0, 0.1) is 6.92 Å². The number of piperidine rings is 1. The predicted molar refractivity (Wildman–Crippen MR) is 97.0 cm³/mol. The number of aryl methyl sites for hydroxylation is 2. The summed E-state index contributed by atoms with van der Waals surface area (Å²) in [5.74, 6) is 1.27. The van der Waals surface area contributed by atoms with E-state index in [-0.39, 0.29) is 12.0 Å². The summed E-state index contributed by atoms with van der Waals surface area (Å²) < 4.78 is 8.09. The Labute approximate surface area is 149 Å². The van der Waals surface area contributed by atoms with Gasteiger partial charge in [-0.15, -0.1) is 0 Å². The summed E-state index contributed by atoms with van der Waals surface area (Å²) in [5, 5.41) is 0. The number of amides is 1. The highest BCUT2D eigenvalue weighted by Crippen LogP contribution is 2.17. The minimum atomic E-state index is 0.262. The monoisotopic (exact) mass is 341 g/mol. The molecule has 5 heteroatoms. The molecule has 1 aromatic carbocycles. The first-order valence-electron chi connectivity index (χ1n) is 9.13. The fourth-order valence-corrected chi connectivity index (χ4v) is 3.26. The Hall–Kier alpha value is -2.14. The van der Waals surface area contributed by atoms with E-state index in [1.807, 2.05) is 36.2 Å². The largest absolute Gasteiger partial charge is 0.373 e. The number of imidazole rings is 1. The van der Waals surface area contributed by atoms with Gasteiger partial charge in [0.1, 0.15) is 5.82 Å². The maximum atomic E-state index is 12.4. The molecule has 5 nitrogen and oxygen atoms in total. The zero-order valence-corrected chi connectivity index (χ0v) is 14.9. The molecule has 1 amide bonds. The molecule has 1 aliphatic heterocycles. The SMILES string of the molecule is Cc1nccn1CCCC(=O)N1CCC(OCc2ccccc2)CC1. The first kappa shape index (κ1) is 17.7. The van der Waals surface area contributed by atoms with Crippen molar-refractivity contribution in [2.45, 2.75) is 51.9 Å². The van der Waals surface area contributed by atoms with Crippen LogP contribution in [0.2, 0.25) is 0 Å². The lowest BCUT2D eigenvalue weighted by Gasteiger charge is -2.32. The second kappa shape index (κ2) is 8.81. The lowest BCUT2D eigenvalue weighted by molar-refractivity contribution is -0.134. The summed E-state index contributed by atoms with van der Waals surface area (Å²) in [6.07, 6.45) is 7.36. The van der Waals surface area contributed by atoms with E-state index in [0.717, 1.165) is 44.7 Å². The van der Waals surface area contributed by atoms with Crippen LogP contribution in [0.4, 0.5) is 0 Å². The van der Waals surface area contributed by atoms with Crippen molar-refractivity contribution in [1.82, 2.24) is 14.5 Å². The molecule has 0 bridgehead atoms. The van der Waals surface area contributed by atoms with Crippen LogP contribution in [0.3, 0.4) is 0 Å². The van der Waals surface area contributed by atoms with Crippen molar-refractivity contribution in [1.29, 1.82) is 0 Å². The van der Waals surface area contributed by atoms with Crippen LogP contribution in [-0.4, -0.2) is 39.6 Å². The van der Waals surface area contributed by atoms with E-state index in [1.54, 1.807) is 6.20 Å². The van der Waals surface area contributed by atoms with Gasteiger partial charge in [-0.2, -0.15) is 0 Å². The van der Waals surface area contributed by atoms with Crippen molar-refractivity contribution in [2.75, 3.05) is 13.1 Å². The number of hydrogen-bond acceptors (Lipinski definition) is 3. The van der Waals surface area contributed by atoms with Gasteiger partial charge in [0.15, 0.2) is 0 Å². The Bertz CT molecular complexity index is 661. The summed E-state index contributed by atoms with van der Waals surface area (Å²) in [4.78, 5) is 18.6. The fraction of sp³-hybridized carbons (Fsp3) is 0.500. The van der Waals surface area contributed by atoms with Crippen LogP contribution >= 0.6 is 0 Å². The zero-order valence-electron chi connectivity index (χ0n) is 14.9. The summed E-state index contributed by atoms with van der Waals surface area (Å²) in [6.45, 7) is 5.12. The number of aromatic nitrogens is 2. The van der Waals surface area contributed by atoms with Gasteiger partial charge >= 0.3 is 0 Å². The van der Waals surface area contributed by atoms with Gasteiger partial charge in [0, 0.05) is 38.4 Å². The van der Waals surface area contributed by atoms with Gasteiger partial charge in [0.25, 0.3) is 0 Å². The standard InChI is InChI=1S/C20H27N3O2/c1-17-21-11-15-22(17)12-5-8-20(24)23-13-9-19(10-14-23)25-16-18-6-3-2-4-7-18/h2-4,6-7,11,15,19H,5,8-10,12-14,16H2,1H3. The molecule has 0 aliphatic carbocycles. The second-order valence-corrected chi connectivity index (χ2v) is 6.65. The number of ether oxygens (including phenoxy) is 1. The highest BCUT2D eigenvalue weighted by atomic mass is 16.5. The minimum absolute atomic E-state index is 0.262. The summed E-state index contributed by atoms with van der Waals surface area (Å²) >= 11 is 0. The smallest absolute Gasteiger partial charge is 0.222 e. The average molecular weight is 341 g/mol. The Morgan fingerprint density at radius 1 is 1.24 bits per heavy atom. The quantitative estimate of drug-likeness (QED) is 0.777. The topological polar surface area (TPSA) is 47.4 Å². The second-order valence-electron chi connectivity index (χ2n) is 6.65. The Morgan fingerprint density at radius 3 is 2.68 bits per heavy atom. The van der Waals surface area contributed by atoms with Crippen LogP contribution < -0.4 is 0 Å². The normalized spacial score (nSPS) is 15.5. The van der Waals surface area contributed by atoms with Crippen molar-refractivity contribution in [2.24, 2.45) is 0 Å². The van der Waals surface area contributed by atoms with Crippen LogP contribution in [-0.2, 0) is 22.7 Å².